The van der Waals surface area contributed by atoms with Crippen molar-refractivity contribution in [2.24, 2.45) is 0 Å². The normalized spacial score (nSPS) is 10.5. The molecule has 0 aromatic carbocycles. The van der Waals surface area contributed by atoms with Gasteiger partial charge in [-0.15, -0.1) is 11.3 Å². The van der Waals surface area contributed by atoms with Crippen molar-refractivity contribution < 1.29 is 4.74 Å². The van der Waals surface area contributed by atoms with E-state index in [4.69, 9.17) is 4.74 Å². The molecule has 0 radical (unpaired) electrons. The first-order valence-corrected chi connectivity index (χ1v) is 4.57. The predicted octanol–water partition coefficient (Wildman–Crippen LogP) is 1.07. The molecule has 1 N–H and O–H groups in total. The number of nitrogens with one attached hydrogen (secondary N) is 1. The fourth-order valence-corrected chi connectivity index (χ4v) is 1.70. The molecule has 0 atom stereocenters. The summed E-state index contributed by atoms with van der Waals surface area (Å²) in [4.78, 5) is 4.31. The van der Waals surface area contributed by atoms with Crippen LogP contribution >= 0.6 is 11.3 Å². The maximum absolute atomic E-state index is 4.96. The first-order valence-electron chi connectivity index (χ1n) is 3.69. The second-order valence-corrected chi connectivity index (χ2v) is 3.29. The van der Waals surface area contributed by atoms with E-state index in [2.05, 4.69) is 20.4 Å². The summed E-state index contributed by atoms with van der Waals surface area (Å²) in [5.41, 5.74) is 1.69. The Balaban J connectivity index is 2.23. The lowest BCUT2D eigenvalue weighted by Gasteiger charge is -1.89. The molecule has 2 rings (SSSR count). The number of thiazole rings is 1. The van der Waals surface area contributed by atoms with E-state index in [-0.39, 0.29) is 0 Å². The van der Waals surface area contributed by atoms with Crippen LogP contribution in [0.25, 0.3) is 10.7 Å². The number of methoxy groups -OCH3 is 1. The summed E-state index contributed by atoms with van der Waals surface area (Å²) in [7, 11) is 1.65. The van der Waals surface area contributed by atoms with Crippen LogP contribution < -0.4 is 0 Å². The van der Waals surface area contributed by atoms with Crippen molar-refractivity contribution in [2.45, 2.75) is 6.61 Å². The van der Waals surface area contributed by atoms with Crippen molar-refractivity contribution in [1.82, 2.24) is 20.4 Å². The van der Waals surface area contributed by atoms with E-state index in [1.165, 1.54) is 11.3 Å². The van der Waals surface area contributed by atoms with Crippen molar-refractivity contribution >= 4 is 11.3 Å². The highest BCUT2D eigenvalue weighted by Gasteiger charge is 2.06. The van der Waals surface area contributed by atoms with Crippen LogP contribution in [0, 0.1) is 0 Å². The van der Waals surface area contributed by atoms with Gasteiger partial charge in [-0.2, -0.15) is 15.4 Å². The van der Waals surface area contributed by atoms with Gasteiger partial charge in [-0.25, -0.2) is 4.98 Å². The molecule has 0 spiro atoms. The lowest BCUT2D eigenvalue weighted by Crippen LogP contribution is -1.86. The van der Waals surface area contributed by atoms with Gasteiger partial charge < -0.3 is 4.74 Å². The Labute approximate surface area is 78.8 Å². The smallest absolute Gasteiger partial charge is 0.145 e. The van der Waals surface area contributed by atoms with Gasteiger partial charge in [0, 0.05) is 12.5 Å². The van der Waals surface area contributed by atoms with E-state index in [9.17, 15) is 0 Å². The number of rotatable bonds is 3. The van der Waals surface area contributed by atoms with Crippen LogP contribution in [0.5, 0.6) is 0 Å². The molecular weight excluding hydrogens is 188 g/mol. The molecular formula is C7H8N4OS. The van der Waals surface area contributed by atoms with Crippen molar-refractivity contribution in [1.29, 1.82) is 0 Å². The predicted molar refractivity (Wildman–Crippen MR) is 48.2 cm³/mol. The summed E-state index contributed by atoms with van der Waals surface area (Å²) in [5.74, 6) is 0. The molecule has 13 heavy (non-hydrogen) atoms. The van der Waals surface area contributed by atoms with Gasteiger partial charge in [0.2, 0.25) is 0 Å². The average molecular weight is 196 g/mol. The Morgan fingerprint density at radius 3 is 3.23 bits per heavy atom. The molecule has 0 unspecified atom stereocenters. The molecule has 0 aliphatic heterocycles. The monoisotopic (exact) mass is 196 g/mol. The van der Waals surface area contributed by atoms with Crippen molar-refractivity contribution in [2.75, 3.05) is 7.11 Å². The maximum atomic E-state index is 4.96. The van der Waals surface area contributed by atoms with Crippen LogP contribution in [-0.4, -0.2) is 27.5 Å². The SMILES string of the molecule is COCc1csc(-c2cn[nH]n2)n1. The Bertz CT molecular complexity index is 370. The van der Waals surface area contributed by atoms with Crippen LogP contribution in [0.3, 0.4) is 0 Å². The molecule has 0 aliphatic carbocycles. The second kappa shape index (κ2) is 3.63. The Hall–Kier alpha value is -1.27. The number of aromatic amines is 1. The van der Waals surface area contributed by atoms with Crippen molar-refractivity contribution in [3.8, 4) is 10.7 Å². The molecule has 0 saturated carbocycles. The third kappa shape index (κ3) is 1.73. The van der Waals surface area contributed by atoms with Crippen molar-refractivity contribution in [3.05, 3.63) is 17.3 Å². The molecule has 0 fully saturated rings. The van der Waals surface area contributed by atoms with Crippen LogP contribution in [0.1, 0.15) is 5.69 Å². The van der Waals surface area contributed by atoms with Gasteiger partial charge in [-0.3, -0.25) is 0 Å². The summed E-state index contributed by atoms with van der Waals surface area (Å²) < 4.78 is 4.96. The quantitative estimate of drug-likeness (QED) is 0.797. The number of H-pyrrole nitrogens is 1. The van der Waals surface area contributed by atoms with E-state index in [0.717, 1.165) is 16.4 Å². The minimum absolute atomic E-state index is 0.536. The lowest BCUT2D eigenvalue weighted by atomic mass is 10.5. The van der Waals surface area contributed by atoms with E-state index in [1.807, 2.05) is 5.38 Å². The Kier molecular flexibility index (Phi) is 2.33. The zero-order valence-corrected chi connectivity index (χ0v) is 7.84. The molecule has 0 saturated heterocycles. The molecule has 5 nitrogen and oxygen atoms in total. The number of aromatic nitrogens is 4. The van der Waals surface area contributed by atoms with Crippen LogP contribution in [-0.2, 0) is 11.3 Å². The first kappa shape index (κ1) is 8.33. The van der Waals surface area contributed by atoms with Crippen LogP contribution in [0.15, 0.2) is 11.6 Å². The zero-order chi connectivity index (χ0) is 9.10. The minimum atomic E-state index is 0.536. The summed E-state index contributed by atoms with van der Waals surface area (Å²) in [6.07, 6.45) is 1.65. The molecule has 0 bridgehead atoms. The Morgan fingerprint density at radius 2 is 2.54 bits per heavy atom. The third-order valence-corrected chi connectivity index (χ3v) is 2.39. The number of nitrogens with zero attached hydrogens (tertiary/aromatic N) is 3. The van der Waals surface area contributed by atoms with Gasteiger partial charge in [0.25, 0.3) is 0 Å². The van der Waals surface area contributed by atoms with E-state index >= 15 is 0 Å². The van der Waals surface area contributed by atoms with E-state index < -0.39 is 0 Å². The molecule has 6 heteroatoms. The number of hydrogen-bond acceptors (Lipinski definition) is 5. The van der Waals surface area contributed by atoms with Gasteiger partial charge in [-0.1, -0.05) is 0 Å². The molecule has 2 aromatic rings. The van der Waals surface area contributed by atoms with Gasteiger partial charge >= 0.3 is 0 Å². The van der Waals surface area contributed by atoms with Gasteiger partial charge in [-0.05, 0) is 0 Å². The number of ether oxygens (including phenoxy) is 1. The summed E-state index contributed by atoms with van der Waals surface area (Å²) in [6, 6.07) is 0. The zero-order valence-electron chi connectivity index (χ0n) is 7.02. The molecule has 2 heterocycles. The standard InChI is InChI=1S/C7H8N4OS/c1-12-3-5-4-13-7(9-5)6-2-8-11-10-6/h2,4H,3H2,1H3,(H,8,10,11). The van der Waals surface area contributed by atoms with Crippen molar-refractivity contribution in [3.63, 3.8) is 0 Å². The Morgan fingerprint density at radius 1 is 1.62 bits per heavy atom. The minimum Gasteiger partial charge on any atom is -0.378 e. The first-order chi connectivity index (χ1) is 6.40. The van der Waals surface area contributed by atoms with Gasteiger partial charge in [0.15, 0.2) is 0 Å². The largest absolute Gasteiger partial charge is 0.378 e. The van der Waals surface area contributed by atoms with Gasteiger partial charge in [0.1, 0.15) is 10.7 Å². The molecule has 2 aromatic heterocycles. The fourth-order valence-electron chi connectivity index (χ4n) is 0.943. The van der Waals surface area contributed by atoms with Crippen LogP contribution in [0.4, 0.5) is 0 Å². The highest BCUT2D eigenvalue weighted by Crippen LogP contribution is 2.20. The van der Waals surface area contributed by atoms with Gasteiger partial charge in [0.05, 0.1) is 18.5 Å². The third-order valence-electron chi connectivity index (χ3n) is 1.48. The second-order valence-electron chi connectivity index (χ2n) is 2.43. The number of hydrogen-bond donors (Lipinski definition) is 1. The molecule has 68 valence electrons. The van der Waals surface area contributed by atoms with E-state index in [0.29, 0.717) is 6.61 Å². The average Bonchev–Trinajstić information content (AvgIpc) is 2.70. The molecule has 0 amide bonds. The topological polar surface area (TPSA) is 63.7 Å². The fraction of sp³-hybridized carbons (Fsp3) is 0.286. The van der Waals surface area contributed by atoms with Crippen LogP contribution in [0.2, 0.25) is 0 Å². The maximum Gasteiger partial charge on any atom is 0.145 e. The molecule has 0 aliphatic rings. The lowest BCUT2D eigenvalue weighted by molar-refractivity contribution is 0.182. The highest BCUT2D eigenvalue weighted by molar-refractivity contribution is 7.13. The summed E-state index contributed by atoms with van der Waals surface area (Å²) in [5, 5.41) is 13.0. The summed E-state index contributed by atoms with van der Waals surface area (Å²) in [6.45, 7) is 0.536. The summed E-state index contributed by atoms with van der Waals surface area (Å²) >= 11 is 1.53. The van der Waals surface area contributed by atoms with E-state index in [1.54, 1.807) is 13.3 Å². The highest BCUT2D eigenvalue weighted by atomic mass is 32.1.